The number of carbonyl (C=O) groups excluding carboxylic acids is 1. The van der Waals surface area contributed by atoms with E-state index in [1.54, 1.807) is 30.6 Å². The van der Waals surface area contributed by atoms with Crippen LogP contribution in [-0.2, 0) is 21.3 Å². The maximum absolute atomic E-state index is 12.5. The van der Waals surface area contributed by atoms with E-state index in [2.05, 4.69) is 15.2 Å². The van der Waals surface area contributed by atoms with Gasteiger partial charge in [0.05, 0.1) is 12.3 Å². The molecule has 5 N–H and O–H groups in total. The highest BCUT2D eigenvalue weighted by molar-refractivity contribution is 7.85. The first-order valence-electron chi connectivity index (χ1n) is 10.7. The molecule has 1 fully saturated rings. The SMILES string of the molecule is N=C(N)c1ccc(CCS(=O)(=O)O)c(OCCNC(=O)C2CCN(c3ccncc3)CC2)c1. The number of aryl methyl sites for hydroxylation is 1. The van der Waals surface area contributed by atoms with Gasteiger partial charge in [0.15, 0.2) is 0 Å². The van der Waals surface area contributed by atoms with Gasteiger partial charge in [0, 0.05) is 42.7 Å². The van der Waals surface area contributed by atoms with Crippen LogP contribution < -0.4 is 20.7 Å². The van der Waals surface area contributed by atoms with Crippen molar-refractivity contribution >= 4 is 27.5 Å². The van der Waals surface area contributed by atoms with Gasteiger partial charge in [-0.3, -0.25) is 19.7 Å². The van der Waals surface area contributed by atoms with Crippen LogP contribution in [0.5, 0.6) is 5.75 Å². The molecule has 0 aliphatic carbocycles. The van der Waals surface area contributed by atoms with Crippen molar-refractivity contribution < 1.29 is 22.5 Å². The highest BCUT2D eigenvalue weighted by atomic mass is 32.2. The van der Waals surface area contributed by atoms with Gasteiger partial charge in [-0.1, -0.05) is 12.1 Å². The van der Waals surface area contributed by atoms with E-state index in [0.29, 0.717) is 16.9 Å². The van der Waals surface area contributed by atoms with Crippen LogP contribution in [0.4, 0.5) is 5.69 Å². The van der Waals surface area contributed by atoms with Crippen molar-refractivity contribution in [2.75, 3.05) is 36.9 Å². The van der Waals surface area contributed by atoms with Crippen molar-refractivity contribution in [1.82, 2.24) is 10.3 Å². The third-order valence-corrected chi connectivity index (χ3v) is 6.28. The summed E-state index contributed by atoms with van der Waals surface area (Å²) in [5.41, 5.74) is 7.63. The fourth-order valence-corrected chi connectivity index (χ4v) is 4.21. The van der Waals surface area contributed by atoms with E-state index in [4.69, 9.17) is 20.4 Å². The Hall–Kier alpha value is -3.18. The lowest BCUT2D eigenvalue weighted by Crippen LogP contribution is -2.41. The van der Waals surface area contributed by atoms with Gasteiger partial charge in [0.25, 0.3) is 10.1 Å². The van der Waals surface area contributed by atoms with Crippen molar-refractivity contribution in [3.8, 4) is 5.75 Å². The lowest BCUT2D eigenvalue weighted by atomic mass is 9.95. The molecule has 0 atom stereocenters. The molecule has 0 unspecified atom stereocenters. The van der Waals surface area contributed by atoms with Gasteiger partial charge in [0.1, 0.15) is 18.2 Å². The van der Waals surface area contributed by atoms with Gasteiger partial charge in [-0.15, -0.1) is 0 Å². The molecule has 11 heteroatoms. The molecule has 2 heterocycles. The highest BCUT2D eigenvalue weighted by Gasteiger charge is 2.24. The third-order valence-electron chi connectivity index (χ3n) is 5.56. The molecule has 1 aromatic carbocycles. The maximum atomic E-state index is 12.5. The normalized spacial score (nSPS) is 14.6. The highest BCUT2D eigenvalue weighted by Crippen LogP contribution is 2.23. The van der Waals surface area contributed by atoms with Crippen LogP contribution in [0.3, 0.4) is 0 Å². The Balaban J connectivity index is 1.48. The number of hydrogen-bond acceptors (Lipinski definition) is 7. The summed E-state index contributed by atoms with van der Waals surface area (Å²) in [5, 5.41) is 10.5. The third kappa shape index (κ3) is 7.43. The summed E-state index contributed by atoms with van der Waals surface area (Å²) in [6.45, 7) is 2.05. The Morgan fingerprint density at radius 1 is 1.24 bits per heavy atom. The number of nitrogens with two attached hydrogens (primary N) is 1. The van der Waals surface area contributed by atoms with Gasteiger partial charge in [-0.2, -0.15) is 8.42 Å². The lowest BCUT2D eigenvalue weighted by molar-refractivity contribution is -0.125. The summed E-state index contributed by atoms with van der Waals surface area (Å²) in [6, 6.07) is 8.69. The Labute approximate surface area is 193 Å². The number of amides is 1. The number of aromatic nitrogens is 1. The average Bonchev–Trinajstić information content (AvgIpc) is 2.80. The zero-order valence-electron chi connectivity index (χ0n) is 18.2. The standard InChI is InChI=1S/C22H29N5O5S/c23-21(24)18-2-1-16(7-14-33(29,30)31)20(15-18)32-13-10-26-22(28)17-5-11-27(12-6-17)19-3-8-25-9-4-19/h1-4,8-9,15,17H,5-7,10-14H2,(H3,23,24)(H,26,28)(H,29,30,31). The van der Waals surface area contributed by atoms with Crippen LogP contribution in [0.25, 0.3) is 0 Å². The molecule has 0 bridgehead atoms. The minimum Gasteiger partial charge on any atom is -0.491 e. The van der Waals surface area contributed by atoms with Crippen LogP contribution in [0.15, 0.2) is 42.7 Å². The minimum atomic E-state index is -4.12. The molecule has 1 saturated heterocycles. The average molecular weight is 476 g/mol. The molecular weight excluding hydrogens is 446 g/mol. The van der Waals surface area contributed by atoms with Crippen molar-refractivity contribution in [3.63, 3.8) is 0 Å². The Kier molecular flexibility index (Phi) is 8.23. The topological polar surface area (TPSA) is 159 Å². The van der Waals surface area contributed by atoms with Gasteiger partial charge >= 0.3 is 0 Å². The van der Waals surface area contributed by atoms with E-state index in [-0.39, 0.29) is 37.2 Å². The van der Waals surface area contributed by atoms with Crippen molar-refractivity contribution in [3.05, 3.63) is 53.9 Å². The van der Waals surface area contributed by atoms with Crippen LogP contribution in [0, 0.1) is 11.3 Å². The second kappa shape index (κ2) is 11.1. The number of nitrogens with zero attached hydrogens (tertiary/aromatic N) is 2. The molecule has 10 nitrogen and oxygen atoms in total. The second-order valence-corrected chi connectivity index (χ2v) is 9.45. The van der Waals surface area contributed by atoms with Crippen molar-refractivity contribution in [2.24, 2.45) is 11.7 Å². The van der Waals surface area contributed by atoms with Gasteiger partial charge in [-0.05, 0) is 43.0 Å². The molecule has 3 rings (SSSR count). The Morgan fingerprint density at radius 3 is 2.58 bits per heavy atom. The van der Waals surface area contributed by atoms with E-state index >= 15 is 0 Å². The maximum Gasteiger partial charge on any atom is 0.265 e. The van der Waals surface area contributed by atoms with E-state index in [1.807, 2.05) is 12.1 Å². The van der Waals surface area contributed by atoms with E-state index in [0.717, 1.165) is 31.6 Å². The van der Waals surface area contributed by atoms with Gasteiger partial charge in [-0.25, -0.2) is 0 Å². The number of anilines is 1. The molecular formula is C22H29N5O5S. The van der Waals surface area contributed by atoms with Gasteiger partial charge < -0.3 is 20.7 Å². The number of rotatable bonds is 10. The molecule has 1 aliphatic heterocycles. The second-order valence-electron chi connectivity index (χ2n) is 7.88. The first kappa shape index (κ1) is 24.5. The van der Waals surface area contributed by atoms with Crippen LogP contribution in [0.2, 0.25) is 0 Å². The smallest absolute Gasteiger partial charge is 0.265 e. The molecule has 33 heavy (non-hydrogen) atoms. The zero-order valence-corrected chi connectivity index (χ0v) is 19.1. The summed E-state index contributed by atoms with van der Waals surface area (Å²) < 4.78 is 36.9. The number of nitrogen functional groups attached to an aromatic ring is 1. The predicted molar refractivity (Wildman–Crippen MR) is 125 cm³/mol. The van der Waals surface area contributed by atoms with Crippen molar-refractivity contribution in [1.29, 1.82) is 5.41 Å². The molecule has 1 amide bonds. The molecule has 0 radical (unpaired) electrons. The quantitative estimate of drug-likeness (QED) is 0.173. The molecule has 1 aliphatic rings. The number of piperidine rings is 1. The van der Waals surface area contributed by atoms with Crippen molar-refractivity contribution in [2.45, 2.75) is 19.3 Å². The summed E-state index contributed by atoms with van der Waals surface area (Å²) in [7, 11) is -4.12. The predicted octanol–water partition coefficient (Wildman–Crippen LogP) is 1.21. The van der Waals surface area contributed by atoms with E-state index in [9.17, 15) is 13.2 Å². The number of benzene rings is 1. The summed E-state index contributed by atoms with van der Waals surface area (Å²) in [5.74, 6) is -0.303. The number of nitrogens with one attached hydrogen (secondary N) is 2. The number of ether oxygens (including phenoxy) is 1. The number of pyridine rings is 1. The van der Waals surface area contributed by atoms with E-state index in [1.165, 1.54) is 0 Å². The number of amidine groups is 1. The first-order chi connectivity index (χ1) is 15.7. The fraction of sp³-hybridized carbons (Fsp3) is 0.409. The summed E-state index contributed by atoms with van der Waals surface area (Å²) >= 11 is 0. The number of hydrogen-bond donors (Lipinski definition) is 4. The fourth-order valence-electron chi connectivity index (χ4n) is 3.74. The molecule has 1 aromatic heterocycles. The molecule has 178 valence electrons. The van der Waals surface area contributed by atoms with Crippen LogP contribution >= 0.6 is 0 Å². The lowest BCUT2D eigenvalue weighted by Gasteiger charge is -2.32. The monoisotopic (exact) mass is 475 g/mol. The number of carbonyl (C=O) groups is 1. The summed E-state index contributed by atoms with van der Waals surface area (Å²) in [4.78, 5) is 18.8. The molecule has 0 spiro atoms. The zero-order chi connectivity index (χ0) is 23.8. The Morgan fingerprint density at radius 2 is 1.94 bits per heavy atom. The Bertz CT molecular complexity index is 1070. The largest absolute Gasteiger partial charge is 0.491 e. The first-order valence-corrected chi connectivity index (χ1v) is 12.3. The summed E-state index contributed by atoms with van der Waals surface area (Å²) in [6.07, 6.45) is 5.09. The minimum absolute atomic E-state index is 0.0166. The van der Waals surface area contributed by atoms with E-state index < -0.39 is 15.9 Å². The molecule has 2 aromatic rings. The van der Waals surface area contributed by atoms with Crippen LogP contribution in [0.1, 0.15) is 24.0 Å². The van der Waals surface area contributed by atoms with Gasteiger partial charge in [0.2, 0.25) is 5.91 Å². The van der Waals surface area contributed by atoms with Crippen LogP contribution in [-0.4, -0.2) is 61.7 Å². The molecule has 0 saturated carbocycles.